The van der Waals surface area contributed by atoms with E-state index in [1.54, 1.807) is 10.6 Å². The van der Waals surface area contributed by atoms with Gasteiger partial charge in [0.1, 0.15) is 0 Å². The number of aryl methyl sites for hydroxylation is 2. The van der Waals surface area contributed by atoms with E-state index in [4.69, 9.17) is 4.98 Å². The number of thioether (sulfide) groups is 1. The summed E-state index contributed by atoms with van der Waals surface area (Å²) in [5.74, 6) is 0.201. The minimum atomic E-state index is -0.135. The second kappa shape index (κ2) is 9.01. The zero-order valence-electron chi connectivity index (χ0n) is 18.5. The molecule has 0 saturated heterocycles. The fraction of sp³-hybridized carbons (Fsp3) is 0.192. The molecule has 162 valence electrons. The molecule has 0 atom stereocenters. The molecule has 2 heterocycles. The predicted octanol–water partition coefficient (Wildman–Crippen LogP) is 5.27. The van der Waals surface area contributed by atoms with Crippen LogP contribution in [0.15, 0.2) is 77.2 Å². The third kappa shape index (κ3) is 3.94. The van der Waals surface area contributed by atoms with Crippen LogP contribution >= 0.6 is 11.8 Å². The van der Waals surface area contributed by atoms with Crippen molar-refractivity contribution >= 4 is 28.4 Å². The van der Waals surface area contributed by atoms with Gasteiger partial charge in [-0.15, -0.1) is 6.58 Å². The SMILES string of the molecule is C=CCn1c(C)cc(C(=O)CSc2nc3ccccc3c(=O)n2-c2ccccc2C)c1C. The van der Waals surface area contributed by atoms with E-state index in [0.29, 0.717) is 28.2 Å². The number of fused-ring (bicyclic) bond motifs is 1. The Bertz CT molecular complexity index is 1400. The van der Waals surface area contributed by atoms with Gasteiger partial charge in [0.2, 0.25) is 0 Å². The van der Waals surface area contributed by atoms with Gasteiger partial charge in [0.25, 0.3) is 5.56 Å². The first-order valence-corrected chi connectivity index (χ1v) is 11.4. The highest BCUT2D eigenvalue weighted by atomic mass is 32.2. The molecule has 5 nitrogen and oxygen atoms in total. The average Bonchev–Trinajstić information content (AvgIpc) is 3.07. The molecule has 0 spiro atoms. The molecule has 0 saturated carbocycles. The van der Waals surface area contributed by atoms with Crippen LogP contribution in [0.2, 0.25) is 0 Å². The van der Waals surface area contributed by atoms with Crippen LogP contribution in [0.5, 0.6) is 0 Å². The Morgan fingerprint density at radius 3 is 2.56 bits per heavy atom. The van der Waals surface area contributed by atoms with Crippen molar-refractivity contribution in [1.29, 1.82) is 0 Å². The molecule has 2 aromatic heterocycles. The highest BCUT2D eigenvalue weighted by Crippen LogP contribution is 2.25. The maximum atomic E-state index is 13.4. The number of allylic oxidation sites excluding steroid dienone is 1. The summed E-state index contributed by atoms with van der Waals surface area (Å²) >= 11 is 1.29. The topological polar surface area (TPSA) is 56.9 Å². The number of rotatable bonds is 7. The summed E-state index contributed by atoms with van der Waals surface area (Å²) in [5, 5.41) is 1.07. The second-order valence-electron chi connectivity index (χ2n) is 7.73. The van der Waals surface area contributed by atoms with E-state index < -0.39 is 0 Å². The number of carbonyl (C=O) groups is 1. The van der Waals surface area contributed by atoms with Gasteiger partial charge in [-0.1, -0.05) is 48.2 Å². The van der Waals surface area contributed by atoms with Crippen molar-refractivity contribution in [3.63, 3.8) is 0 Å². The zero-order valence-corrected chi connectivity index (χ0v) is 19.3. The maximum Gasteiger partial charge on any atom is 0.266 e. The van der Waals surface area contributed by atoms with Gasteiger partial charge < -0.3 is 4.57 Å². The maximum absolute atomic E-state index is 13.4. The summed E-state index contributed by atoms with van der Waals surface area (Å²) in [4.78, 5) is 31.2. The Morgan fingerprint density at radius 1 is 1.09 bits per heavy atom. The van der Waals surface area contributed by atoms with Crippen LogP contribution in [0.25, 0.3) is 16.6 Å². The first kappa shape index (κ1) is 21.8. The monoisotopic (exact) mass is 443 g/mol. The summed E-state index contributed by atoms with van der Waals surface area (Å²) < 4.78 is 3.69. The minimum Gasteiger partial charge on any atom is -0.345 e. The van der Waals surface area contributed by atoms with E-state index in [1.165, 1.54) is 11.8 Å². The van der Waals surface area contributed by atoms with Gasteiger partial charge in [-0.2, -0.15) is 0 Å². The summed E-state index contributed by atoms with van der Waals surface area (Å²) in [6.45, 7) is 10.4. The Morgan fingerprint density at radius 2 is 1.81 bits per heavy atom. The Labute approximate surface area is 191 Å². The van der Waals surface area contributed by atoms with Crippen molar-refractivity contribution in [2.24, 2.45) is 0 Å². The second-order valence-corrected chi connectivity index (χ2v) is 8.68. The van der Waals surface area contributed by atoms with Crippen molar-refractivity contribution < 1.29 is 4.79 Å². The molecule has 4 aromatic rings. The standard InChI is InChI=1S/C26H25N3O2S/c1-5-14-28-18(3)15-21(19(28)4)24(30)16-32-26-27-22-12-8-7-11-20(22)25(31)29(26)23-13-9-6-10-17(23)2/h5-13,15H,1,14,16H2,2-4H3. The number of hydrogen-bond donors (Lipinski definition) is 0. The molecule has 6 heteroatoms. The molecular weight excluding hydrogens is 418 g/mol. The van der Waals surface area contributed by atoms with Crippen molar-refractivity contribution in [3.8, 4) is 5.69 Å². The van der Waals surface area contributed by atoms with E-state index in [9.17, 15) is 9.59 Å². The smallest absolute Gasteiger partial charge is 0.266 e. The molecule has 0 bridgehead atoms. The lowest BCUT2D eigenvalue weighted by Gasteiger charge is -2.15. The molecule has 0 amide bonds. The van der Waals surface area contributed by atoms with E-state index in [-0.39, 0.29) is 17.1 Å². The number of benzene rings is 2. The summed E-state index contributed by atoms with van der Waals surface area (Å²) in [5.41, 5.74) is 4.88. The molecule has 4 rings (SSSR count). The molecule has 32 heavy (non-hydrogen) atoms. The van der Waals surface area contributed by atoms with Crippen LogP contribution < -0.4 is 5.56 Å². The Kier molecular flexibility index (Phi) is 6.15. The van der Waals surface area contributed by atoms with Gasteiger partial charge in [0.15, 0.2) is 10.9 Å². The third-order valence-electron chi connectivity index (χ3n) is 5.62. The molecule has 0 unspecified atom stereocenters. The van der Waals surface area contributed by atoms with Crippen LogP contribution in [0.4, 0.5) is 0 Å². The first-order chi connectivity index (χ1) is 15.4. The molecular formula is C26H25N3O2S. The third-order valence-corrected chi connectivity index (χ3v) is 6.56. The predicted molar refractivity (Wildman–Crippen MR) is 131 cm³/mol. The van der Waals surface area contributed by atoms with Crippen LogP contribution in [0, 0.1) is 20.8 Å². The van der Waals surface area contributed by atoms with Gasteiger partial charge in [-0.3, -0.25) is 14.2 Å². The normalized spacial score (nSPS) is 11.1. The summed E-state index contributed by atoms with van der Waals surface area (Å²) in [7, 11) is 0. The highest BCUT2D eigenvalue weighted by Gasteiger charge is 2.19. The molecule has 0 aliphatic carbocycles. The van der Waals surface area contributed by atoms with Crippen molar-refractivity contribution in [1.82, 2.24) is 14.1 Å². The number of nitrogens with zero attached hydrogens (tertiary/aromatic N) is 3. The number of Topliss-reactive ketones (excluding diaryl/α,β-unsaturated/α-hetero) is 1. The number of para-hydroxylation sites is 2. The van der Waals surface area contributed by atoms with E-state index in [1.807, 2.05) is 75.4 Å². The Hall–Kier alpha value is -3.38. The largest absolute Gasteiger partial charge is 0.345 e. The molecule has 0 fully saturated rings. The molecule has 0 N–H and O–H groups in total. The van der Waals surface area contributed by atoms with Gasteiger partial charge in [-0.25, -0.2) is 4.98 Å². The van der Waals surface area contributed by atoms with E-state index >= 15 is 0 Å². The van der Waals surface area contributed by atoms with Gasteiger partial charge >= 0.3 is 0 Å². The molecule has 2 aromatic carbocycles. The van der Waals surface area contributed by atoms with Crippen LogP contribution in [0.1, 0.15) is 27.3 Å². The minimum absolute atomic E-state index is 0.0113. The number of ketones is 1. The van der Waals surface area contributed by atoms with Gasteiger partial charge in [0, 0.05) is 23.5 Å². The number of aromatic nitrogens is 3. The van der Waals surface area contributed by atoms with Crippen LogP contribution in [0.3, 0.4) is 0 Å². The number of carbonyl (C=O) groups excluding carboxylic acids is 1. The summed E-state index contributed by atoms with van der Waals surface area (Å²) in [6, 6.07) is 16.9. The Balaban J connectivity index is 1.75. The molecule has 0 radical (unpaired) electrons. The van der Waals surface area contributed by atoms with Crippen LogP contribution in [-0.2, 0) is 6.54 Å². The fourth-order valence-corrected chi connectivity index (χ4v) is 4.83. The lowest BCUT2D eigenvalue weighted by atomic mass is 10.2. The van der Waals surface area contributed by atoms with Gasteiger partial charge in [0.05, 0.1) is 22.3 Å². The number of hydrogen-bond acceptors (Lipinski definition) is 4. The lowest BCUT2D eigenvalue weighted by molar-refractivity contribution is 0.102. The summed E-state index contributed by atoms with van der Waals surface area (Å²) in [6.07, 6.45) is 1.82. The molecule has 0 aliphatic heterocycles. The van der Waals surface area contributed by atoms with Crippen molar-refractivity contribution in [2.45, 2.75) is 32.5 Å². The van der Waals surface area contributed by atoms with E-state index in [0.717, 1.165) is 22.6 Å². The van der Waals surface area contributed by atoms with Crippen LogP contribution in [-0.4, -0.2) is 25.7 Å². The highest BCUT2D eigenvalue weighted by molar-refractivity contribution is 7.99. The van der Waals surface area contributed by atoms with E-state index in [2.05, 4.69) is 11.1 Å². The quantitative estimate of drug-likeness (QED) is 0.169. The fourth-order valence-electron chi connectivity index (χ4n) is 3.94. The zero-order chi connectivity index (χ0) is 22.8. The lowest BCUT2D eigenvalue weighted by Crippen LogP contribution is -2.23. The van der Waals surface area contributed by atoms with Crippen molar-refractivity contribution in [2.75, 3.05) is 5.75 Å². The van der Waals surface area contributed by atoms with Gasteiger partial charge in [-0.05, 0) is 50.6 Å². The van der Waals surface area contributed by atoms with Crippen molar-refractivity contribution in [3.05, 3.63) is 100 Å². The molecule has 0 aliphatic rings. The first-order valence-electron chi connectivity index (χ1n) is 10.4. The average molecular weight is 444 g/mol.